The third kappa shape index (κ3) is 11.1. The Balaban J connectivity index is 0. The number of nitrogens with one attached hydrogen (secondary N) is 2. The van der Waals surface area contributed by atoms with Gasteiger partial charge in [-0.05, 0) is 24.2 Å². The van der Waals surface area contributed by atoms with Gasteiger partial charge in [0.2, 0.25) is 5.91 Å². The van der Waals surface area contributed by atoms with E-state index in [1.54, 1.807) is 7.11 Å². The zero-order valence-corrected chi connectivity index (χ0v) is 18.6. The van der Waals surface area contributed by atoms with Crippen molar-refractivity contribution in [1.29, 1.82) is 0 Å². The molecule has 158 valence electrons. The third-order valence-corrected chi connectivity index (χ3v) is 4.32. The van der Waals surface area contributed by atoms with Crippen molar-refractivity contribution in [2.24, 2.45) is 0 Å². The molecule has 9 heteroatoms. The second kappa shape index (κ2) is 16.4. The van der Waals surface area contributed by atoms with Crippen molar-refractivity contribution < 1.29 is 9.53 Å². The number of rotatable bonds is 9. The number of amides is 1. The van der Waals surface area contributed by atoms with Crippen LogP contribution in [0.15, 0.2) is 24.3 Å². The van der Waals surface area contributed by atoms with Crippen LogP contribution in [0.1, 0.15) is 12.5 Å². The van der Waals surface area contributed by atoms with E-state index < -0.39 is 0 Å². The highest BCUT2D eigenvalue weighted by Gasteiger charge is 2.15. The topological polar surface area (TPSA) is 56.8 Å². The van der Waals surface area contributed by atoms with Crippen LogP contribution < -0.4 is 10.6 Å². The summed E-state index contributed by atoms with van der Waals surface area (Å²) in [6.45, 7) is 10.5. The molecule has 1 amide bonds. The Kier molecular flexibility index (Phi) is 17.3. The fourth-order valence-corrected chi connectivity index (χ4v) is 2.80. The maximum Gasteiger partial charge on any atom is 0.238 e. The van der Waals surface area contributed by atoms with Gasteiger partial charge in [-0.3, -0.25) is 9.69 Å². The molecule has 0 saturated carbocycles. The average Bonchev–Trinajstić information content (AvgIpc) is 2.61. The molecule has 0 aliphatic carbocycles. The minimum atomic E-state index is -0.0328. The van der Waals surface area contributed by atoms with Crippen molar-refractivity contribution in [3.63, 3.8) is 0 Å². The van der Waals surface area contributed by atoms with E-state index in [1.165, 1.54) is 5.56 Å². The number of hydrogen-bond donors (Lipinski definition) is 2. The van der Waals surface area contributed by atoms with Crippen LogP contribution in [0.25, 0.3) is 0 Å². The highest BCUT2D eigenvalue weighted by Crippen LogP contribution is 2.13. The van der Waals surface area contributed by atoms with Crippen LogP contribution >= 0.6 is 37.2 Å². The first-order valence-electron chi connectivity index (χ1n) is 8.74. The first-order valence-corrected chi connectivity index (χ1v) is 8.74. The lowest BCUT2D eigenvalue weighted by molar-refractivity contribution is -0.115. The Labute approximate surface area is 181 Å². The number of benzene rings is 1. The van der Waals surface area contributed by atoms with E-state index in [-0.39, 0.29) is 43.1 Å². The van der Waals surface area contributed by atoms with Gasteiger partial charge in [-0.2, -0.15) is 0 Å². The van der Waals surface area contributed by atoms with Crippen LogP contribution in [-0.4, -0.2) is 75.2 Å². The van der Waals surface area contributed by atoms with Crippen molar-refractivity contribution in [2.45, 2.75) is 13.5 Å². The fourth-order valence-electron chi connectivity index (χ4n) is 2.80. The first kappa shape index (κ1) is 28.6. The number of anilines is 1. The van der Waals surface area contributed by atoms with Gasteiger partial charge in [0.25, 0.3) is 0 Å². The zero-order chi connectivity index (χ0) is 17.2. The van der Waals surface area contributed by atoms with Crippen LogP contribution in [-0.2, 0) is 16.1 Å². The largest absolute Gasteiger partial charge is 0.383 e. The molecule has 1 heterocycles. The van der Waals surface area contributed by atoms with Gasteiger partial charge in [-0.25, -0.2) is 0 Å². The monoisotopic (exact) mass is 442 g/mol. The summed E-state index contributed by atoms with van der Waals surface area (Å²) in [5.74, 6) is -0.0328. The predicted molar refractivity (Wildman–Crippen MR) is 119 cm³/mol. The Morgan fingerprint density at radius 1 is 1.04 bits per heavy atom. The van der Waals surface area contributed by atoms with Crippen LogP contribution in [0, 0.1) is 0 Å². The maximum atomic E-state index is 11.8. The summed E-state index contributed by atoms with van der Waals surface area (Å²) in [6, 6.07) is 8.15. The van der Waals surface area contributed by atoms with Crippen molar-refractivity contribution in [1.82, 2.24) is 15.1 Å². The molecular formula is C18H33Cl3N4O2. The van der Waals surface area contributed by atoms with Gasteiger partial charge in [0.15, 0.2) is 0 Å². The zero-order valence-electron chi connectivity index (χ0n) is 16.1. The summed E-state index contributed by atoms with van der Waals surface area (Å²) in [5.41, 5.74) is 2.13. The van der Waals surface area contributed by atoms with E-state index in [4.69, 9.17) is 4.74 Å². The summed E-state index contributed by atoms with van der Waals surface area (Å²) in [6.07, 6.45) is 0. The van der Waals surface area contributed by atoms with Crippen LogP contribution in [0.3, 0.4) is 0 Å². The minimum absolute atomic E-state index is 0. The molecule has 6 nitrogen and oxygen atoms in total. The second-order valence-electron chi connectivity index (χ2n) is 6.13. The number of methoxy groups -OCH3 is 1. The molecule has 2 rings (SSSR count). The summed E-state index contributed by atoms with van der Waals surface area (Å²) in [7, 11) is 1.65. The number of nitrogens with zero attached hydrogens (tertiary/aromatic N) is 2. The number of hydrogen-bond acceptors (Lipinski definition) is 5. The molecule has 1 aromatic carbocycles. The van der Waals surface area contributed by atoms with Gasteiger partial charge in [-0.1, -0.05) is 19.1 Å². The molecule has 1 saturated heterocycles. The van der Waals surface area contributed by atoms with Gasteiger partial charge in [0.05, 0.1) is 13.2 Å². The Morgan fingerprint density at radius 2 is 1.63 bits per heavy atom. The van der Waals surface area contributed by atoms with Gasteiger partial charge >= 0.3 is 0 Å². The van der Waals surface area contributed by atoms with E-state index in [9.17, 15) is 4.79 Å². The lowest BCUT2D eigenvalue weighted by Crippen LogP contribution is -2.45. The highest BCUT2D eigenvalue weighted by molar-refractivity contribution is 5.92. The smallest absolute Gasteiger partial charge is 0.238 e. The molecule has 0 unspecified atom stereocenters. The molecule has 2 N–H and O–H groups in total. The lowest BCUT2D eigenvalue weighted by Gasteiger charge is -2.34. The van der Waals surface area contributed by atoms with Crippen molar-refractivity contribution in [3.8, 4) is 0 Å². The molecule has 0 aromatic heterocycles. The number of piperazine rings is 1. The molecule has 1 aromatic rings. The molecule has 27 heavy (non-hydrogen) atoms. The molecule has 0 spiro atoms. The van der Waals surface area contributed by atoms with Crippen molar-refractivity contribution in [3.05, 3.63) is 29.8 Å². The Hall–Kier alpha value is -0.600. The third-order valence-electron chi connectivity index (χ3n) is 4.32. The molecule has 0 bridgehead atoms. The van der Waals surface area contributed by atoms with Crippen LogP contribution in [0.2, 0.25) is 0 Å². The normalized spacial score (nSPS) is 14.4. The summed E-state index contributed by atoms with van der Waals surface area (Å²) < 4.78 is 4.93. The van der Waals surface area contributed by atoms with E-state index in [0.29, 0.717) is 19.7 Å². The summed E-state index contributed by atoms with van der Waals surface area (Å²) in [5, 5.41) is 5.93. The van der Waals surface area contributed by atoms with E-state index >= 15 is 0 Å². The molecule has 0 atom stereocenters. The number of carbonyl (C=O) groups is 1. The van der Waals surface area contributed by atoms with E-state index in [0.717, 1.165) is 45.0 Å². The van der Waals surface area contributed by atoms with Gasteiger partial charge < -0.3 is 20.3 Å². The lowest BCUT2D eigenvalue weighted by atomic mass is 10.1. The second-order valence-corrected chi connectivity index (χ2v) is 6.13. The Morgan fingerprint density at radius 3 is 2.19 bits per heavy atom. The van der Waals surface area contributed by atoms with Crippen molar-refractivity contribution >= 4 is 48.8 Å². The van der Waals surface area contributed by atoms with Crippen LogP contribution in [0.4, 0.5) is 5.69 Å². The van der Waals surface area contributed by atoms with E-state index in [1.807, 2.05) is 12.1 Å². The van der Waals surface area contributed by atoms with Gasteiger partial charge in [-0.15, -0.1) is 37.2 Å². The van der Waals surface area contributed by atoms with Gasteiger partial charge in [0, 0.05) is 52.1 Å². The quantitative estimate of drug-likeness (QED) is 0.573. The van der Waals surface area contributed by atoms with E-state index in [2.05, 4.69) is 39.5 Å². The minimum Gasteiger partial charge on any atom is -0.383 e. The number of halogens is 3. The number of ether oxygens (including phenoxy) is 1. The average molecular weight is 444 g/mol. The molecule has 1 aliphatic rings. The predicted octanol–water partition coefficient (Wildman–Crippen LogP) is 2.26. The van der Waals surface area contributed by atoms with Gasteiger partial charge in [0.1, 0.15) is 0 Å². The SMILES string of the molecule is CCN1CCN(Cc2ccc(NC(=O)CNCCOC)cc2)CC1.Cl.Cl.Cl. The molecule has 1 fully saturated rings. The standard InChI is InChI=1S/C18H30N4O2.3ClH/c1-3-21-9-11-22(12-10-21)15-16-4-6-17(7-5-16)20-18(23)14-19-8-13-24-2;;;/h4-7,19H,3,8-15H2,1-2H3,(H,20,23);3*1H. The van der Waals surface area contributed by atoms with Crippen LogP contribution in [0.5, 0.6) is 0 Å². The Bertz CT molecular complexity index is 498. The number of likely N-dealkylation sites (N-methyl/N-ethyl adjacent to an activating group) is 1. The first-order chi connectivity index (χ1) is 11.7. The molecule has 0 radical (unpaired) electrons. The fraction of sp³-hybridized carbons (Fsp3) is 0.611. The molecule has 1 aliphatic heterocycles. The summed E-state index contributed by atoms with van der Waals surface area (Å²) >= 11 is 0. The number of carbonyl (C=O) groups excluding carboxylic acids is 1. The summed E-state index contributed by atoms with van der Waals surface area (Å²) in [4.78, 5) is 16.8. The van der Waals surface area contributed by atoms with Crippen molar-refractivity contribution in [2.75, 3.05) is 64.8 Å². The maximum absolute atomic E-state index is 11.8. The molecular weight excluding hydrogens is 411 g/mol. The highest BCUT2D eigenvalue weighted by atomic mass is 35.5.